The fourth-order valence-electron chi connectivity index (χ4n) is 4.28. The van der Waals surface area contributed by atoms with Gasteiger partial charge in [-0.2, -0.15) is 0 Å². The summed E-state index contributed by atoms with van der Waals surface area (Å²) in [5.41, 5.74) is 1.94. The third-order valence-corrected chi connectivity index (χ3v) is 6.71. The lowest BCUT2D eigenvalue weighted by Gasteiger charge is -2.17. The second-order valence-electron chi connectivity index (χ2n) is 10.0. The van der Waals surface area contributed by atoms with Gasteiger partial charge in [-0.3, -0.25) is 4.79 Å². The first-order valence-electron chi connectivity index (χ1n) is 14.3. The lowest BCUT2D eigenvalue weighted by molar-refractivity contribution is 0.0894. The molecule has 0 fully saturated rings. The number of hydrogen-bond donors (Lipinski definition) is 2. The van der Waals surface area contributed by atoms with Gasteiger partial charge in [0.1, 0.15) is 0 Å². The molecular weight excluding hydrogens is 418 g/mol. The number of carbonyl (C=O) groups is 1. The molecule has 2 atom stereocenters. The van der Waals surface area contributed by atoms with Crippen molar-refractivity contribution >= 4 is 5.91 Å². The number of aliphatic hydroxyl groups is 1. The molecular formula is C31H53NO2. The maximum Gasteiger partial charge on any atom is 0.251 e. The third-order valence-electron chi connectivity index (χ3n) is 6.71. The zero-order valence-electron chi connectivity index (χ0n) is 22.5. The van der Waals surface area contributed by atoms with Crippen molar-refractivity contribution < 1.29 is 9.90 Å². The minimum absolute atomic E-state index is 0.121. The molecule has 1 aromatic carbocycles. The molecule has 0 radical (unpaired) electrons. The summed E-state index contributed by atoms with van der Waals surface area (Å²) < 4.78 is 0. The lowest BCUT2D eigenvalue weighted by atomic mass is 10.0. The molecule has 0 unspecified atom stereocenters. The SMILES string of the molecule is CCCCCCCCCCCC/C=C/[C@H](O)[C@@H](C)NC(=O)c1ccc(CCCCCCC)cc1. The average molecular weight is 472 g/mol. The molecule has 0 saturated carbocycles. The Hall–Kier alpha value is -1.61. The second-order valence-corrected chi connectivity index (χ2v) is 10.0. The van der Waals surface area contributed by atoms with Gasteiger partial charge in [-0.25, -0.2) is 0 Å². The van der Waals surface area contributed by atoms with Crippen LogP contribution in [-0.4, -0.2) is 23.2 Å². The van der Waals surface area contributed by atoms with Crippen LogP contribution in [0.15, 0.2) is 36.4 Å². The van der Waals surface area contributed by atoms with Crippen molar-refractivity contribution in [3.05, 3.63) is 47.5 Å². The van der Waals surface area contributed by atoms with Crippen LogP contribution in [0, 0.1) is 0 Å². The maximum absolute atomic E-state index is 12.5. The minimum atomic E-state index is -0.658. The molecule has 0 aliphatic carbocycles. The molecule has 0 aliphatic heterocycles. The molecule has 1 rings (SSSR count). The van der Waals surface area contributed by atoms with Crippen LogP contribution in [0.25, 0.3) is 0 Å². The smallest absolute Gasteiger partial charge is 0.251 e. The first-order valence-corrected chi connectivity index (χ1v) is 14.3. The number of allylic oxidation sites excluding steroid dienone is 1. The van der Waals surface area contributed by atoms with Crippen LogP contribution in [0.3, 0.4) is 0 Å². The van der Waals surface area contributed by atoms with Crippen molar-refractivity contribution in [3.8, 4) is 0 Å². The first kappa shape index (κ1) is 30.4. The van der Waals surface area contributed by atoms with E-state index in [-0.39, 0.29) is 11.9 Å². The Morgan fingerprint density at radius 1 is 0.794 bits per heavy atom. The van der Waals surface area contributed by atoms with Gasteiger partial charge in [-0.15, -0.1) is 0 Å². The number of amides is 1. The fraction of sp³-hybridized carbons (Fsp3) is 0.710. The van der Waals surface area contributed by atoms with E-state index in [0.29, 0.717) is 5.56 Å². The average Bonchev–Trinajstić information content (AvgIpc) is 2.84. The molecule has 3 nitrogen and oxygen atoms in total. The largest absolute Gasteiger partial charge is 0.387 e. The number of rotatable bonds is 21. The number of aliphatic hydroxyl groups excluding tert-OH is 1. The van der Waals surface area contributed by atoms with E-state index >= 15 is 0 Å². The summed E-state index contributed by atoms with van der Waals surface area (Å²) in [5, 5.41) is 13.3. The molecule has 3 heteroatoms. The van der Waals surface area contributed by atoms with E-state index in [9.17, 15) is 9.90 Å². The summed E-state index contributed by atoms with van der Waals surface area (Å²) in [5.74, 6) is -0.121. The Balaban J connectivity index is 2.16. The Morgan fingerprint density at radius 2 is 1.29 bits per heavy atom. The number of hydrogen-bond acceptors (Lipinski definition) is 2. The summed E-state index contributed by atoms with van der Waals surface area (Å²) in [6.45, 7) is 6.36. The van der Waals surface area contributed by atoms with E-state index in [1.54, 1.807) is 0 Å². The summed E-state index contributed by atoms with van der Waals surface area (Å²) >= 11 is 0. The maximum atomic E-state index is 12.5. The topological polar surface area (TPSA) is 49.3 Å². The molecule has 0 spiro atoms. The van der Waals surface area contributed by atoms with Gasteiger partial charge in [0.2, 0.25) is 0 Å². The van der Waals surface area contributed by atoms with Gasteiger partial charge in [0.05, 0.1) is 12.1 Å². The number of unbranched alkanes of at least 4 members (excludes halogenated alkanes) is 14. The van der Waals surface area contributed by atoms with Crippen LogP contribution in [0.4, 0.5) is 0 Å². The monoisotopic (exact) mass is 471 g/mol. The number of benzene rings is 1. The molecule has 34 heavy (non-hydrogen) atoms. The van der Waals surface area contributed by atoms with Crippen LogP contribution in [0.5, 0.6) is 0 Å². The highest BCUT2D eigenvalue weighted by Crippen LogP contribution is 2.13. The number of carbonyl (C=O) groups excluding carboxylic acids is 1. The molecule has 0 aromatic heterocycles. The van der Waals surface area contributed by atoms with Crippen LogP contribution in [-0.2, 0) is 6.42 Å². The summed E-state index contributed by atoms with van der Waals surface area (Å²) in [4.78, 5) is 12.5. The van der Waals surface area contributed by atoms with Gasteiger partial charge in [-0.1, -0.05) is 122 Å². The normalized spacial score (nSPS) is 13.3. The summed E-state index contributed by atoms with van der Waals surface area (Å²) in [6, 6.07) is 7.60. The van der Waals surface area contributed by atoms with Crippen LogP contribution < -0.4 is 5.32 Å². The van der Waals surface area contributed by atoms with E-state index in [1.165, 1.54) is 102 Å². The fourth-order valence-corrected chi connectivity index (χ4v) is 4.28. The van der Waals surface area contributed by atoms with Crippen molar-refractivity contribution in [1.82, 2.24) is 5.32 Å². The van der Waals surface area contributed by atoms with E-state index < -0.39 is 6.10 Å². The highest BCUT2D eigenvalue weighted by atomic mass is 16.3. The van der Waals surface area contributed by atoms with Crippen LogP contribution in [0.2, 0.25) is 0 Å². The van der Waals surface area contributed by atoms with E-state index in [1.807, 2.05) is 25.1 Å². The number of nitrogens with one attached hydrogen (secondary N) is 1. The minimum Gasteiger partial charge on any atom is -0.387 e. The Labute approximate surface area is 210 Å². The molecule has 1 amide bonds. The van der Waals surface area contributed by atoms with Crippen molar-refractivity contribution in [2.75, 3.05) is 0 Å². The predicted octanol–water partition coefficient (Wildman–Crippen LogP) is 8.55. The van der Waals surface area contributed by atoms with Crippen molar-refractivity contribution in [3.63, 3.8) is 0 Å². The van der Waals surface area contributed by atoms with E-state index in [0.717, 1.165) is 12.8 Å². The van der Waals surface area contributed by atoms with Crippen molar-refractivity contribution in [2.45, 2.75) is 142 Å². The van der Waals surface area contributed by atoms with Gasteiger partial charge in [0.15, 0.2) is 0 Å². The van der Waals surface area contributed by atoms with E-state index in [4.69, 9.17) is 0 Å². The highest BCUT2D eigenvalue weighted by Gasteiger charge is 2.15. The highest BCUT2D eigenvalue weighted by molar-refractivity contribution is 5.94. The molecule has 2 N–H and O–H groups in total. The second kappa shape index (κ2) is 20.7. The standard InChI is InChI=1S/C31H53NO2/c1-4-6-8-10-11-12-13-14-15-16-18-20-22-30(33)27(3)32-31(34)29-25-23-28(24-26-29)21-19-17-9-7-5-2/h20,22-27,30,33H,4-19,21H2,1-3H3,(H,32,34)/b22-20+/t27-,30+/m1/s1. The van der Waals surface area contributed by atoms with Gasteiger partial charge < -0.3 is 10.4 Å². The van der Waals surface area contributed by atoms with Crippen molar-refractivity contribution in [2.24, 2.45) is 0 Å². The molecule has 0 saturated heterocycles. The Morgan fingerprint density at radius 3 is 1.85 bits per heavy atom. The molecule has 1 aromatic rings. The molecule has 0 bridgehead atoms. The lowest BCUT2D eigenvalue weighted by Crippen LogP contribution is -2.40. The molecule has 0 aliphatic rings. The quantitative estimate of drug-likeness (QED) is 0.139. The zero-order valence-corrected chi connectivity index (χ0v) is 22.5. The first-order chi connectivity index (χ1) is 16.6. The summed E-state index contributed by atoms with van der Waals surface area (Å²) in [6.07, 6.45) is 25.0. The van der Waals surface area contributed by atoms with Crippen LogP contribution >= 0.6 is 0 Å². The molecule has 194 valence electrons. The predicted molar refractivity (Wildman–Crippen MR) is 147 cm³/mol. The van der Waals surface area contributed by atoms with Crippen molar-refractivity contribution in [1.29, 1.82) is 0 Å². The third kappa shape index (κ3) is 15.3. The van der Waals surface area contributed by atoms with Gasteiger partial charge in [0, 0.05) is 5.56 Å². The van der Waals surface area contributed by atoms with Gasteiger partial charge >= 0.3 is 0 Å². The van der Waals surface area contributed by atoms with E-state index in [2.05, 4.69) is 37.4 Å². The van der Waals surface area contributed by atoms with Crippen LogP contribution in [0.1, 0.15) is 139 Å². The van der Waals surface area contributed by atoms with Gasteiger partial charge in [-0.05, 0) is 50.3 Å². The van der Waals surface area contributed by atoms with Gasteiger partial charge in [0.25, 0.3) is 5.91 Å². The number of aryl methyl sites for hydroxylation is 1. The Bertz CT molecular complexity index is 637. The summed E-state index contributed by atoms with van der Waals surface area (Å²) in [7, 11) is 0. The zero-order chi connectivity index (χ0) is 24.9. The Kier molecular flexibility index (Phi) is 18.6. The molecule has 0 heterocycles.